The number of Topliss-reactive ketones (excluding diaryl/α,β-unsaturated/α-hetero) is 2. The zero-order valence-electron chi connectivity index (χ0n) is 5.84. The van der Waals surface area contributed by atoms with Gasteiger partial charge in [0.2, 0.25) is 0 Å². The smallest absolute Gasteiger partial charge is 0.542 e. The Balaban J connectivity index is 0. The molecule has 0 aliphatic rings. The van der Waals surface area contributed by atoms with Crippen LogP contribution in [0.1, 0.15) is 13.3 Å². The fourth-order valence-corrected chi connectivity index (χ4v) is 0.298. The average molecular weight is 215 g/mol. The molecule has 0 spiro atoms. The molecule has 0 amide bonds. The van der Waals surface area contributed by atoms with Gasteiger partial charge in [-0.2, -0.15) is 0 Å². The molecule has 0 aliphatic carbocycles. The Morgan fingerprint density at radius 2 is 1.70 bits per heavy atom. The first-order valence-electron chi connectivity index (χ1n) is 2.27. The van der Waals surface area contributed by atoms with Gasteiger partial charge in [0.15, 0.2) is 5.78 Å². The van der Waals surface area contributed by atoms with E-state index in [0.717, 1.165) is 6.92 Å². The van der Waals surface area contributed by atoms with Gasteiger partial charge in [-0.3, -0.25) is 9.59 Å². The van der Waals surface area contributed by atoms with Crippen LogP contribution in [0, 0.1) is 0 Å². The molecule has 0 aromatic carbocycles. The Labute approximate surface area is 107 Å². The molecule has 0 aromatic rings. The molecule has 0 rings (SSSR count). The number of carbonyl (C=O) groups is 3. The number of hydrogen-bond donors (Lipinski definition) is 0. The maximum atomic E-state index is 10.1. The van der Waals surface area contributed by atoms with Gasteiger partial charge in [-0.05, 0) is 6.92 Å². The van der Waals surface area contributed by atoms with E-state index >= 15 is 0 Å². The van der Waals surface area contributed by atoms with Crippen LogP contribution >= 0.6 is 0 Å². The first kappa shape index (κ1) is 13.2. The van der Waals surface area contributed by atoms with Gasteiger partial charge < -0.3 is 9.90 Å². The van der Waals surface area contributed by atoms with Crippen LogP contribution in [-0.4, -0.2) is 17.5 Å². The van der Waals surface area contributed by atoms with Crippen molar-refractivity contribution in [3.63, 3.8) is 0 Å². The van der Waals surface area contributed by atoms with Gasteiger partial charge in [-0.25, -0.2) is 0 Å². The van der Waals surface area contributed by atoms with Gasteiger partial charge in [0.25, 0.3) is 0 Å². The molecule has 0 saturated heterocycles. The predicted octanol–water partition coefficient (Wildman–Crippen LogP) is -4.71. The first-order chi connectivity index (χ1) is 4.04. The third-order valence-corrected chi connectivity index (χ3v) is 0.637. The van der Waals surface area contributed by atoms with Crippen LogP contribution in [-0.2, 0) is 14.4 Å². The summed E-state index contributed by atoms with van der Waals surface area (Å²) in [5, 5.41) is 9.62. The summed E-state index contributed by atoms with van der Waals surface area (Å²) < 4.78 is 0. The van der Waals surface area contributed by atoms with Gasteiger partial charge in [-0.1, -0.05) is 0 Å². The van der Waals surface area contributed by atoms with Crippen molar-refractivity contribution >= 4 is 17.5 Å². The molecule has 4 nitrogen and oxygen atoms in total. The van der Waals surface area contributed by atoms with E-state index in [2.05, 4.69) is 0 Å². The topological polar surface area (TPSA) is 74.3 Å². The molecule has 50 valence electrons. The first-order valence-corrected chi connectivity index (χ1v) is 2.27. The second-order valence-corrected chi connectivity index (χ2v) is 1.59. The second-order valence-electron chi connectivity index (χ2n) is 1.59. The minimum Gasteiger partial charge on any atom is -0.542 e. The van der Waals surface area contributed by atoms with Crippen LogP contribution < -0.4 is 63.3 Å². The normalized spacial score (nSPS) is 7.70. The van der Waals surface area contributed by atoms with Crippen molar-refractivity contribution in [1.29, 1.82) is 0 Å². The summed E-state index contributed by atoms with van der Waals surface area (Å²) in [6, 6.07) is 0. The molecule has 10 heavy (non-hydrogen) atoms. The average Bonchev–Trinajstić information content (AvgIpc) is 1.63. The summed E-state index contributed by atoms with van der Waals surface area (Å²) in [5.74, 6) is -3.43. The Morgan fingerprint density at radius 3 is 1.80 bits per heavy atom. The third-order valence-electron chi connectivity index (χ3n) is 0.637. The second kappa shape index (κ2) is 6.33. The number of hydrogen-bond acceptors (Lipinski definition) is 4. The number of carbonyl (C=O) groups excluding carboxylic acids is 3. The zero-order valence-corrected chi connectivity index (χ0v) is 10.8. The molecule has 0 atom stereocenters. The van der Waals surface area contributed by atoms with Crippen molar-refractivity contribution in [2.24, 2.45) is 0 Å². The van der Waals surface area contributed by atoms with E-state index in [1.807, 2.05) is 0 Å². The predicted molar refractivity (Wildman–Crippen MR) is 25.3 cm³/mol. The van der Waals surface area contributed by atoms with Crippen molar-refractivity contribution in [1.82, 2.24) is 0 Å². The maximum Gasteiger partial charge on any atom is 1.00 e. The minimum absolute atomic E-state index is 0. The minimum atomic E-state index is -1.80. The quantitative estimate of drug-likeness (QED) is 0.350. The Morgan fingerprint density at radius 1 is 1.30 bits per heavy atom. The van der Waals surface area contributed by atoms with Crippen LogP contribution in [0.15, 0.2) is 0 Å². The maximum absolute atomic E-state index is 10.1. The number of aliphatic carboxylic acids is 1. The van der Waals surface area contributed by atoms with Gasteiger partial charge in [0, 0.05) is 0 Å². The van der Waals surface area contributed by atoms with Gasteiger partial charge in [-0.15, -0.1) is 0 Å². The monoisotopic (exact) mass is 214 g/mol. The third kappa shape index (κ3) is 6.73. The van der Waals surface area contributed by atoms with E-state index in [4.69, 9.17) is 0 Å². The van der Waals surface area contributed by atoms with Crippen LogP contribution in [0.2, 0.25) is 0 Å². The van der Waals surface area contributed by atoms with Crippen molar-refractivity contribution < 1.29 is 77.7 Å². The summed E-state index contributed by atoms with van der Waals surface area (Å²) in [7, 11) is 0. The molecular formula is C5H5O4Rb. The molecule has 0 aromatic heterocycles. The standard InChI is InChI=1S/C5H6O4.Rb/c1-3(6)2-4(7)5(8)9;/h2H2,1H3,(H,8,9);/q;+1/p-1. The fourth-order valence-electron chi connectivity index (χ4n) is 0.298. The van der Waals surface area contributed by atoms with E-state index in [-0.39, 0.29) is 58.2 Å². The fraction of sp³-hybridized carbons (Fsp3) is 0.400. The molecule has 5 heteroatoms. The van der Waals surface area contributed by atoms with Crippen LogP contribution in [0.25, 0.3) is 0 Å². The molecule has 0 aliphatic heterocycles. The Kier molecular flexibility index (Phi) is 8.37. The van der Waals surface area contributed by atoms with E-state index in [0.29, 0.717) is 0 Å². The van der Waals surface area contributed by atoms with Crippen LogP contribution in [0.3, 0.4) is 0 Å². The Hall–Kier alpha value is 0.615. The SMILES string of the molecule is CC(=O)CC(=O)C(=O)[O-].[Rb+]. The van der Waals surface area contributed by atoms with Gasteiger partial charge in [0.1, 0.15) is 11.8 Å². The molecular weight excluding hydrogens is 210 g/mol. The molecule has 0 bridgehead atoms. The van der Waals surface area contributed by atoms with E-state index in [9.17, 15) is 19.5 Å². The van der Waals surface area contributed by atoms with Crippen molar-refractivity contribution in [3.8, 4) is 0 Å². The number of carboxylic acid groups (broad SMARTS) is 1. The van der Waals surface area contributed by atoms with Gasteiger partial charge in [0.05, 0.1) is 6.42 Å². The van der Waals surface area contributed by atoms with Crippen molar-refractivity contribution in [2.45, 2.75) is 13.3 Å². The summed E-state index contributed by atoms with van der Waals surface area (Å²) >= 11 is 0. The van der Waals surface area contributed by atoms with E-state index < -0.39 is 24.0 Å². The number of ketones is 2. The van der Waals surface area contributed by atoms with Crippen molar-refractivity contribution in [3.05, 3.63) is 0 Å². The summed E-state index contributed by atoms with van der Waals surface area (Å²) in [6.07, 6.45) is -0.567. The molecule has 0 N–H and O–H groups in total. The molecule has 0 saturated carbocycles. The summed E-state index contributed by atoms with van der Waals surface area (Å²) in [4.78, 5) is 29.7. The molecule has 0 heterocycles. The van der Waals surface area contributed by atoms with E-state index in [1.165, 1.54) is 0 Å². The largest absolute Gasteiger partial charge is 1.00 e. The number of carboxylic acids is 1. The van der Waals surface area contributed by atoms with Gasteiger partial charge >= 0.3 is 58.2 Å². The van der Waals surface area contributed by atoms with Crippen LogP contribution in [0.4, 0.5) is 0 Å². The molecule has 0 fully saturated rings. The number of rotatable bonds is 3. The summed E-state index contributed by atoms with van der Waals surface area (Å²) in [6.45, 7) is 1.14. The molecule has 0 radical (unpaired) electrons. The molecule has 0 unspecified atom stereocenters. The van der Waals surface area contributed by atoms with Crippen molar-refractivity contribution in [2.75, 3.05) is 0 Å². The summed E-state index contributed by atoms with van der Waals surface area (Å²) in [5.41, 5.74) is 0. The Bertz CT molecular complexity index is 163. The van der Waals surface area contributed by atoms with E-state index in [1.54, 1.807) is 0 Å². The zero-order chi connectivity index (χ0) is 7.44. The van der Waals surface area contributed by atoms with Crippen LogP contribution in [0.5, 0.6) is 0 Å².